The van der Waals surface area contributed by atoms with Crippen molar-refractivity contribution in [2.75, 3.05) is 5.32 Å². The number of anilines is 1. The lowest BCUT2D eigenvalue weighted by molar-refractivity contribution is 0.0636. The summed E-state index contributed by atoms with van der Waals surface area (Å²) >= 11 is 0. The molecule has 1 amide bonds. The molecule has 0 aliphatic heterocycles. The Balaban J connectivity index is 1.73. The summed E-state index contributed by atoms with van der Waals surface area (Å²) in [5, 5.41) is 12.8. The third kappa shape index (κ3) is 4.00. The van der Waals surface area contributed by atoms with E-state index in [0.29, 0.717) is 5.69 Å². The van der Waals surface area contributed by atoms with E-state index in [4.69, 9.17) is 4.74 Å². The van der Waals surface area contributed by atoms with E-state index in [9.17, 15) is 14.4 Å². The van der Waals surface area contributed by atoms with Gasteiger partial charge in [-0.15, -0.1) is 0 Å². The largest absolute Gasteiger partial charge is 0.444 e. The van der Waals surface area contributed by atoms with Crippen molar-refractivity contribution in [1.29, 1.82) is 5.26 Å². The van der Waals surface area contributed by atoms with Crippen LogP contribution in [0.2, 0.25) is 0 Å². The zero-order valence-electron chi connectivity index (χ0n) is 18.3. The summed E-state index contributed by atoms with van der Waals surface area (Å²) in [4.78, 5) is 12.0. The van der Waals surface area contributed by atoms with Crippen LogP contribution in [-0.4, -0.2) is 16.3 Å². The van der Waals surface area contributed by atoms with Gasteiger partial charge in [0.15, 0.2) is 0 Å². The number of rotatable bonds is 3. The molecule has 0 radical (unpaired) electrons. The molecule has 6 heteroatoms. The number of hydrogen-bond donors (Lipinski definition) is 1. The first kappa shape index (κ1) is 20.9. The molecule has 0 unspecified atom stereocenters. The molecule has 0 saturated heterocycles. The van der Waals surface area contributed by atoms with Gasteiger partial charge in [-0.2, -0.15) is 5.26 Å². The van der Waals surface area contributed by atoms with Gasteiger partial charge < -0.3 is 9.30 Å². The number of nitrogens with one attached hydrogen (secondary N) is 1. The Bertz CT molecular complexity index is 1190. The van der Waals surface area contributed by atoms with Gasteiger partial charge in [-0.25, -0.2) is 9.18 Å². The van der Waals surface area contributed by atoms with Gasteiger partial charge in [0.05, 0.1) is 11.1 Å². The fraction of sp³-hybridized carbons (Fsp3) is 0.360. The second-order valence-corrected chi connectivity index (χ2v) is 9.42. The average Bonchev–Trinajstić information content (AvgIpc) is 3.02. The molecule has 0 spiro atoms. The number of halogens is 1. The molecule has 1 N–H and O–H groups in total. The summed E-state index contributed by atoms with van der Waals surface area (Å²) in [5.41, 5.74) is 2.83. The smallest absolute Gasteiger partial charge is 0.412 e. The molecule has 1 fully saturated rings. The Labute approximate surface area is 181 Å². The third-order valence-electron chi connectivity index (χ3n) is 5.81. The van der Waals surface area contributed by atoms with Crippen LogP contribution in [0.25, 0.3) is 22.2 Å². The number of nitrogens with zero attached hydrogens (tertiary/aromatic N) is 2. The predicted octanol–water partition coefficient (Wildman–Crippen LogP) is 6.57. The number of nitriles is 1. The number of carbonyl (C=O) groups is 1. The van der Waals surface area contributed by atoms with Crippen LogP contribution in [0, 0.1) is 17.1 Å². The Morgan fingerprint density at radius 3 is 2.42 bits per heavy atom. The van der Waals surface area contributed by atoms with Crippen molar-refractivity contribution in [2.24, 2.45) is 0 Å². The highest BCUT2D eigenvalue weighted by molar-refractivity contribution is 5.89. The molecule has 31 heavy (non-hydrogen) atoms. The van der Waals surface area contributed by atoms with Crippen molar-refractivity contribution in [3.63, 3.8) is 0 Å². The maximum Gasteiger partial charge on any atom is 0.412 e. The second kappa shape index (κ2) is 7.42. The van der Waals surface area contributed by atoms with Gasteiger partial charge in [0, 0.05) is 22.3 Å². The fourth-order valence-corrected chi connectivity index (χ4v) is 4.17. The Morgan fingerprint density at radius 2 is 1.87 bits per heavy atom. The molecule has 1 saturated carbocycles. The Hall–Kier alpha value is -3.33. The zero-order valence-corrected chi connectivity index (χ0v) is 18.3. The second-order valence-electron chi connectivity index (χ2n) is 9.42. The van der Waals surface area contributed by atoms with Crippen molar-refractivity contribution in [3.8, 4) is 17.3 Å². The van der Waals surface area contributed by atoms with Crippen molar-refractivity contribution >= 4 is 22.7 Å². The zero-order chi connectivity index (χ0) is 22.4. The van der Waals surface area contributed by atoms with Gasteiger partial charge in [0.1, 0.15) is 17.5 Å². The lowest BCUT2D eigenvalue weighted by Gasteiger charge is -2.42. The topological polar surface area (TPSA) is 67.0 Å². The van der Waals surface area contributed by atoms with E-state index >= 15 is 0 Å². The van der Waals surface area contributed by atoms with Crippen LogP contribution in [0.1, 0.15) is 52.5 Å². The molecule has 5 nitrogen and oxygen atoms in total. The highest BCUT2D eigenvalue weighted by Gasteiger charge is 2.36. The standard InChI is InChI=1S/C25H26FN3O2/c1-24(2,3)31-23(30)28-19-8-6-16(7-9-19)21-13-17-12-20(26)18(15-27)14-22(17)29(21)25(4)10-5-11-25/h6-9,12-14H,5,10-11H2,1-4H3,(H,28,30). The van der Waals surface area contributed by atoms with Gasteiger partial charge in [0.2, 0.25) is 0 Å². The first-order chi connectivity index (χ1) is 14.6. The molecule has 3 aromatic rings. The molecule has 1 aliphatic carbocycles. The van der Waals surface area contributed by atoms with Gasteiger partial charge in [-0.1, -0.05) is 12.1 Å². The van der Waals surface area contributed by atoms with Gasteiger partial charge in [-0.3, -0.25) is 5.32 Å². The van der Waals surface area contributed by atoms with Gasteiger partial charge in [-0.05, 0) is 82.9 Å². The molecule has 2 aromatic carbocycles. The highest BCUT2D eigenvalue weighted by atomic mass is 19.1. The summed E-state index contributed by atoms with van der Waals surface area (Å²) in [6.45, 7) is 7.65. The van der Waals surface area contributed by atoms with Crippen molar-refractivity contribution in [1.82, 2.24) is 4.57 Å². The summed E-state index contributed by atoms with van der Waals surface area (Å²) in [5.74, 6) is -0.505. The number of benzene rings is 2. The molecular formula is C25H26FN3O2. The fourth-order valence-electron chi connectivity index (χ4n) is 4.17. The third-order valence-corrected chi connectivity index (χ3v) is 5.81. The highest BCUT2D eigenvalue weighted by Crippen LogP contribution is 2.45. The Kier molecular flexibility index (Phi) is 5.01. The van der Waals surface area contributed by atoms with Crippen LogP contribution in [0.4, 0.5) is 14.9 Å². The van der Waals surface area contributed by atoms with Crippen LogP contribution in [-0.2, 0) is 10.3 Å². The number of ether oxygens (including phenoxy) is 1. The molecule has 1 heterocycles. The number of carbonyl (C=O) groups excluding carboxylic acids is 1. The predicted molar refractivity (Wildman–Crippen MR) is 119 cm³/mol. The van der Waals surface area contributed by atoms with E-state index in [1.165, 1.54) is 6.07 Å². The number of aromatic nitrogens is 1. The SMILES string of the molecule is CC(C)(C)OC(=O)Nc1ccc(-c2cc3cc(F)c(C#N)cc3n2C2(C)CCC2)cc1. The lowest BCUT2D eigenvalue weighted by atomic mass is 9.78. The van der Waals surface area contributed by atoms with Gasteiger partial charge >= 0.3 is 6.09 Å². The average molecular weight is 420 g/mol. The molecule has 0 atom stereocenters. The van der Waals surface area contributed by atoms with Gasteiger partial charge in [0.25, 0.3) is 0 Å². The normalized spacial score (nSPS) is 15.2. The van der Waals surface area contributed by atoms with Crippen LogP contribution >= 0.6 is 0 Å². The van der Waals surface area contributed by atoms with Crippen LogP contribution in [0.3, 0.4) is 0 Å². The van der Waals surface area contributed by atoms with Crippen molar-refractivity contribution < 1.29 is 13.9 Å². The minimum absolute atomic E-state index is 0.0539. The number of amides is 1. The van der Waals surface area contributed by atoms with E-state index in [1.807, 2.05) is 57.2 Å². The van der Waals surface area contributed by atoms with E-state index in [-0.39, 0.29) is 11.1 Å². The van der Waals surface area contributed by atoms with E-state index < -0.39 is 17.5 Å². The summed E-state index contributed by atoms with van der Waals surface area (Å²) in [6.07, 6.45) is 2.69. The molecule has 0 bridgehead atoms. The summed E-state index contributed by atoms with van der Waals surface area (Å²) < 4.78 is 21.8. The molecular weight excluding hydrogens is 393 g/mol. The maximum atomic E-state index is 14.3. The van der Waals surface area contributed by atoms with Crippen LogP contribution < -0.4 is 5.32 Å². The van der Waals surface area contributed by atoms with Crippen LogP contribution in [0.15, 0.2) is 42.5 Å². The summed E-state index contributed by atoms with van der Waals surface area (Å²) in [7, 11) is 0. The molecule has 160 valence electrons. The minimum atomic E-state index is -0.569. The summed E-state index contributed by atoms with van der Waals surface area (Å²) in [6, 6.07) is 14.5. The minimum Gasteiger partial charge on any atom is -0.444 e. The number of fused-ring (bicyclic) bond motifs is 1. The van der Waals surface area contributed by atoms with Crippen LogP contribution in [0.5, 0.6) is 0 Å². The quantitative estimate of drug-likeness (QED) is 0.522. The molecule has 4 rings (SSSR count). The molecule has 1 aliphatic rings. The van der Waals surface area contributed by atoms with E-state index in [1.54, 1.807) is 6.07 Å². The first-order valence-electron chi connectivity index (χ1n) is 10.5. The van der Waals surface area contributed by atoms with E-state index in [0.717, 1.165) is 41.4 Å². The Morgan fingerprint density at radius 1 is 1.19 bits per heavy atom. The molecule has 1 aromatic heterocycles. The van der Waals surface area contributed by atoms with Crippen molar-refractivity contribution in [3.05, 3.63) is 53.8 Å². The monoisotopic (exact) mass is 419 g/mol. The first-order valence-corrected chi connectivity index (χ1v) is 10.5. The maximum absolute atomic E-state index is 14.3. The van der Waals surface area contributed by atoms with Crippen molar-refractivity contribution in [2.45, 2.75) is 58.1 Å². The van der Waals surface area contributed by atoms with E-state index in [2.05, 4.69) is 16.8 Å². The lowest BCUT2D eigenvalue weighted by Crippen LogP contribution is -2.37. The number of hydrogen-bond acceptors (Lipinski definition) is 3.